The van der Waals surface area contributed by atoms with Crippen LogP contribution in [0.4, 0.5) is 0 Å². The van der Waals surface area contributed by atoms with E-state index in [-0.39, 0.29) is 11.3 Å². The quantitative estimate of drug-likeness (QED) is 0.844. The first-order chi connectivity index (χ1) is 8.93. The molecule has 0 unspecified atom stereocenters. The molecule has 1 aromatic heterocycles. The zero-order chi connectivity index (χ0) is 14.0. The lowest BCUT2D eigenvalue weighted by atomic mass is 10.1. The molecule has 0 aliphatic carbocycles. The second-order valence-corrected chi connectivity index (χ2v) is 5.49. The third-order valence-electron chi connectivity index (χ3n) is 3.38. The summed E-state index contributed by atoms with van der Waals surface area (Å²) in [5.41, 5.74) is 8.26. The number of hydrogen-bond donors (Lipinski definition) is 2. The van der Waals surface area contributed by atoms with Crippen molar-refractivity contribution in [1.29, 1.82) is 0 Å². The predicted octanol–water partition coefficient (Wildman–Crippen LogP) is 1.00. The number of nitrogens with two attached hydrogens (primary N) is 1. The standard InChI is InChI=1S/C14H21N3O2/c1-14(2,9-15)16-7-6-10-4-5-12-11(8-10)17(3)13(18)19-12/h4-5,8,16H,6-7,9,15H2,1-3H3. The molecule has 104 valence electrons. The highest BCUT2D eigenvalue weighted by atomic mass is 16.4. The lowest BCUT2D eigenvalue weighted by Gasteiger charge is -2.24. The van der Waals surface area contributed by atoms with Crippen LogP contribution in [0.3, 0.4) is 0 Å². The molecule has 0 amide bonds. The van der Waals surface area contributed by atoms with Gasteiger partial charge in [-0.25, -0.2) is 4.79 Å². The molecule has 5 nitrogen and oxygen atoms in total. The maximum atomic E-state index is 11.4. The fraction of sp³-hybridized carbons (Fsp3) is 0.500. The normalized spacial score (nSPS) is 12.2. The lowest BCUT2D eigenvalue weighted by molar-refractivity contribution is 0.402. The largest absolute Gasteiger partial charge is 0.419 e. The summed E-state index contributed by atoms with van der Waals surface area (Å²) in [6.07, 6.45) is 0.888. The Balaban J connectivity index is 2.10. The first-order valence-electron chi connectivity index (χ1n) is 6.46. The smallest absolute Gasteiger partial charge is 0.408 e. The Morgan fingerprint density at radius 3 is 2.84 bits per heavy atom. The van der Waals surface area contributed by atoms with Crippen LogP contribution >= 0.6 is 0 Å². The topological polar surface area (TPSA) is 73.2 Å². The van der Waals surface area contributed by atoms with E-state index in [1.807, 2.05) is 18.2 Å². The molecular formula is C14H21N3O2. The molecule has 1 heterocycles. The van der Waals surface area contributed by atoms with E-state index in [2.05, 4.69) is 19.2 Å². The zero-order valence-corrected chi connectivity index (χ0v) is 11.7. The van der Waals surface area contributed by atoms with Gasteiger partial charge in [-0.05, 0) is 44.5 Å². The Morgan fingerprint density at radius 1 is 1.42 bits per heavy atom. The van der Waals surface area contributed by atoms with Crippen LogP contribution in [0.5, 0.6) is 0 Å². The van der Waals surface area contributed by atoms with Crippen molar-refractivity contribution in [2.24, 2.45) is 12.8 Å². The van der Waals surface area contributed by atoms with Gasteiger partial charge in [0.25, 0.3) is 0 Å². The monoisotopic (exact) mass is 263 g/mol. The van der Waals surface area contributed by atoms with E-state index in [1.54, 1.807) is 7.05 Å². The zero-order valence-electron chi connectivity index (χ0n) is 11.7. The summed E-state index contributed by atoms with van der Waals surface area (Å²) in [6.45, 7) is 5.61. The first-order valence-corrected chi connectivity index (χ1v) is 6.46. The molecule has 1 aromatic carbocycles. The van der Waals surface area contributed by atoms with Gasteiger partial charge in [-0.3, -0.25) is 4.57 Å². The first kappa shape index (κ1) is 13.8. The second kappa shape index (κ2) is 5.19. The van der Waals surface area contributed by atoms with Crippen LogP contribution < -0.4 is 16.8 Å². The summed E-state index contributed by atoms with van der Waals surface area (Å²) in [7, 11) is 1.72. The Labute approximate surface area is 112 Å². The van der Waals surface area contributed by atoms with E-state index in [1.165, 1.54) is 10.1 Å². The molecule has 0 aliphatic heterocycles. The molecule has 0 fully saturated rings. The minimum atomic E-state index is -0.324. The van der Waals surface area contributed by atoms with Crippen molar-refractivity contribution in [2.45, 2.75) is 25.8 Å². The van der Waals surface area contributed by atoms with E-state index in [9.17, 15) is 4.79 Å². The molecule has 19 heavy (non-hydrogen) atoms. The summed E-state index contributed by atoms with van der Waals surface area (Å²) in [5.74, 6) is -0.324. The molecule has 0 radical (unpaired) electrons. The highest BCUT2D eigenvalue weighted by Gasteiger charge is 2.13. The van der Waals surface area contributed by atoms with Crippen molar-refractivity contribution in [3.63, 3.8) is 0 Å². The minimum absolute atomic E-state index is 0.0490. The summed E-state index contributed by atoms with van der Waals surface area (Å²) in [4.78, 5) is 11.4. The Kier molecular flexibility index (Phi) is 3.78. The van der Waals surface area contributed by atoms with E-state index in [4.69, 9.17) is 10.2 Å². The maximum absolute atomic E-state index is 11.4. The number of aryl methyl sites for hydroxylation is 1. The van der Waals surface area contributed by atoms with Crippen molar-refractivity contribution in [3.05, 3.63) is 34.3 Å². The predicted molar refractivity (Wildman–Crippen MR) is 76.3 cm³/mol. The lowest BCUT2D eigenvalue weighted by Crippen LogP contribution is -2.46. The van der Waals surface area contributed by atoms with Gasteiger partial charge >= 0.3 is 5.76 Å². The number of nitrogens with one attached hydrogen (secondary N) is 1. The average molecular weight is 263 g/mol. The number of nitrogens with zero attached hydrogens (tertiary/aromatic N) is 1. The fourth-order valence-electron chi connectivity index (χ4n) is 1.95. The van der Waals surface area contributed by atoms with Crippen LogP contribution in [0.25, 0.3) is 11.1 Å². The van der Waals surface area contributed by atoms with Crippen molar-refractivity contribution < 1.29 is 4.42 Å². The van der Waals surface area contributed by atoms with Gasteiger partial charge in [0, 0.05) is 19.1 Å². The molecule has 3 N–H and O–H groups in total. The molecule has 5 heteroatoms. The van der Waals surface area contributed by atoms with Gasteiger partial charge in [0.15, 0.2) is 5.58 Å². The van der Waals surface area contributed by atoms with E-state index in [0.29, 0.717) is 12.1 Å². The molecule has 0 saturated heterocycles. The van der Waals surface area contributed by atoms with Crippen molar-refractivity contribution in [2.75, 3.05) is 13.1 Å². The van der Waals surface area contributed by atoms with E-state index < -0.39 is 0 Å². The highest BCUT2D eigenvalue weighted by Crippen LogP contribution is 2.14. The Hall–Kier alpha value is -1.59. The van der Waals surface area contributed by atoms with Crippen LogP contribution in [0.1, 0.15) is 19.4 Å². The van der Waals surface area contributed by atoms with Crippen molar-refractivity contribution in [3.8, 4) is 0 Å². The Bertz CT molecular complexity index is 625. The van der Waals surface area contributed by atoms with Crippen LogP contribution in [-0.2, 0) is 13.5 Å². The summed E-state index contributed by atoms with van der Waals surface area (Å²) < 4.78 is 6.63. The Morgan fingerprint density at radius 2 is 2.16 bits per heavy atom. The molecule has 2 rings (SSSR count). The van der Waals surface area contributed by atoms with Gasteiger partial charge in [0.1, 0.15) is 0 Å². The SMILES string of the molecule is Cn1c(=O)oc2ccc(CCNC(C)(C)CN)cc21. The molecule has 0 bridgehead atoms. The molecule has 0 saturated carbocycles. The summed E-state index contributed by atoms with van der Waals surface area (Å²) in [5, 5.41) is 3.41. The van der Waals surface area contributed by atoms with Crippen LogP contribution in [0.2, 0.25) is 0 Å². The second-order valence-electron chi connectivity index (χ2n) is 5.49. The van der Waals surface area contributed by atoms with Crippen molar-refractivity contribution in [1.82, 2.24) is 9.88 Å². The van der Waals surface area contributed by atoms with Gasteiger partial charge in [0.2, 0.25) is 0 Å². The van der Waals surface area contributed by atoms with Crippen LogP contribution in [-0.4, -0.2) is 23.2 Å². The van der Waals surface area contributed by atoms with Crippen molar-refractivity contribution >= 4 is 11.1 Å². The summed E-state index contributed by atoms with van der Waals surface area (Å²) >= 11 is 0. The third kappa shape index (κ3) is 3.05. The van der Waals surface area contributed by atoms with Gasteiger partial charge in [-0.2, -0.15) is 0 Å². The molecular weight excluding hydrogens is 242 g/mol. The van der Waals surface area contributed by atoms with Gasteiger partial charge in [0.05, 0.1) is 5.52 Å². The number of benzene rings is 1. The highest BCUT2D eigenvalue weighted by molar-refractivity contribution is 5.73. The maximum Gasteiger partial charge on any atom is 0.419 e. The fourth-order valence-corrected chi connectivity index (χ4v) is 1.95. The molecule has 2 aromatic rings. The molecule has 0 atom stereocenters. The third-order valence-corrected chi connectivity index (χ3v) is 3.38. The number of fused-ring (bicyclic) bond motifs is 1. The summed E-state index contributed by atoms with van der Waals surface area (Å²) in [6, 6.07) is 5.83. The van der Waals surface area contributed by atoms with Crippen LogP contribution in [0.15, 0.2) is 27.4 Å². The van der Waals surface area contributed by atoms with Gasteiger partial charge < -0.3 is 15.5 Å². The average Bonchev–Trinajstić information content (AvgIpc) is 2.65. The minimum Gasteiger partial charge on any atom is -0.408 e. The number of rotatable bonds is 5. The molecule has 0 aliphatic rings. The van der Waals surface area contributed by atoms with Crippen LogP contribution in [0, 0.1) is 0 Å². The van der Waals surface area contributed by atoms with Gasteiger partial charge in [-0.1, -0.05) is 6.07 Å². The number of oxazole rings is 1. The number of hydrogen-bond acceptors (Lipinski definition) is 4. The molecule has 0 spiro atoms. The number of aromatic nitrogens is 1. The van der Waals surface area contributed by atoms with Gasteiger partial charge in [-0.15, -0.1) is 0 Å². The van der Waals surface area contributed by atoms with E-state index >= 15 is 0 Å². The van der Waals surface area contributed by atoms with E-state index in [0.717, 1.165) is 18.5 Å².